The summed E-state index contributed by atoms with van der Waals surface area (Å²) in [7, 11) is -9.10. The molecule has 262 valence electrons. The van der Waals surface area contributed by atoms with Crippen molar-refractivity contribution in [1.29, 1.82) is 0 Å². The summed E-state index contributed by atoms with van der Waals surface area (Å²) in [5.74, 6) is -3.97. The summed E-state index contributed by atoms with van der Waals surface area (Å²) in [5.41, 5.74) is -0.258. The van der Waals surface area contributed by atoms with Crippen molar-refractivity contribution in [2.24, 2.45) is 0 Å². The highest BCUT2D eigenvalue weighted by Gasteiger charge is 2.48. The number of sulfonamides is 1. The molecule has 1 amide bonds. The van der Waals surface area contributed by atoms with E-state index in [1.165, 1.54) is 24.4 Å². The molecular formula is C29H23BrF6N4O7S2. The normalized spacial score (nSPS) is 17.8. The Morgan fingerprint density at radius 2 is 1.73 bits per heavy atom. The fourth-order valence-electron chi connectivity index (χ4n) is 4.93. The lowest BCUT2D eigenvalue weighted by Gasteiger charge is -2.33. The van der Waals surface area contributed by atoms with Crippen LogP contribution in [0.1, 0.15) is 40.2 Å². The Balaban J connectivity index is 1.64. The number of H-pyrrole nitrogens is 1. The van der Waals surface area contributed by atoms with Crippen LogP contribution in [0.3, 0.4) is 0 Å². The van der Waals surface area contributed by atoms with Gasteiger partial charge in [-0.05, 0) is 51.8 Å². The largest absolute Gasteiger partial charge is 0.492 e. The van der Waals surface area contributed by atoms with Crippen molar-refractivity contribution >= 4 is 48.6 Å². The van der Waals surface area contributed by atoms with Gasteiger partial charge in [0.1, 0.15) is 17.1 Å². The lowest BCUT2D eigenvalue weighted by atomic mass is 10.0. The molecule has 0 saturated carbocycles. The zero-order valence-corrected chi connectivity index (χ0v) is 27.6. The molecule has 1 aromatic heterocycles. The van der Waals surface area contributed by atoms with E-state index >= 15 is 0 Å². The second-order valence-electron chi connectivity index (χ2n) is 10.6. The lowest BCUT2D eigenvalue weighted by Crippen LogP contribution is -2.42. The third-order valence-corrected chi connectivity index (χ3v) is 11.3. The van der Waals surface area contributed by atoms with Gasteiger partial charge in [-0.1, -0.05) is 64.5 Å². The third-order valence-electron chi connectivity index (χ3n) is 7.22. The molecule has 1 unspecified atom stereocenters. The fraction of sp³-hybridized carbons (Fsp3) is 0.207. The fourth-order valence-corrected chi connectivity index (χ4v) is 8.69. The summed E-state index contributed by atoms with van der Waals surface area (Å²) in [6, 6.07) is 12.5. The Hall–Kier alpha value is -3.95. The van der Waals surface area contributed by atoms with Crippen LogP contribution in [0.15, 0.2) is 88.4 Å². The Morgan fingerprint density at radius 1 is 1.04 bits per heavy atom. The maximum absolute atomic E-state index is 13.9. The van der Waals surface area contributed by atoms with Crippen molar-refractivity contribution < 1.29 is 58.3 Å². The summed E-state index contributed by atoms with van der Waals surface area (Å²) in [4.78, 5) is 34.3. The van der Waals surface area contributed by atoms with Crippen LogP contribution in [-0.2, 0) is 37.0 Å². The van der Waals surface area contributed by atoms with Gasteiger partial charge in [0.15, 0.2) is 0 Å². The minimum atomic E-state index is -5.73. The molecule has 2 atom stereocenters. The number of imidazole rings is 1. The van der Waals surface area contributed by atoms with Gasteiger partial charge in [0.05, 0.1) is 28.8 Å². The van der Waals surface area contributed by atoms with Gasteiger partial charge in [-0.2, -0.15) is 26.3 Å². The highest BCUT2D eigenvalue weighted by atomic mass is 79.9. The van der Waals surface area contributed by atoms with Crippen LogP contribution in [-0.4, -0.2) is 50.0 Å². The van der Waals surface area contributed by atoms with Crippen LogP contribution in [0, 0.1) is 0 Å². The molecule has 0 bridgehead atoms. The number of halogens is 7. The molecule has 0 spiro atoms. The van der Waals surface area contributed by atoms with Crippen molar-refractivity contribution in [3.05, 3.63) is 106 Å². The SMILES string of the molecule is O=C1CC(c2ccc(C[C@@H](c3ncc(-c4ccccc4)[nH]3)N(OC(=O)C(F)(F)F)S(=O)(=O)c3cccc(C(F)(F)F)c3)cc2Br)S(O)(O)N1. The predicted octanol–water partition coefficient (Wildman–Crippen LogP) is 7.08. The van der Waals surface area contributed by atoms with Crippen LogP contribution >= 0.6 is 26.7 Å². The number of hydrogen-bond donors (Lipinski definition) is 4. The Kier molecular flexibility index (Phi) is 9.94. The first-order valence-electron chi connectivity index (χ1n) is 13.7. The van der Waals surface area contributed by atoms with Crippen molar-refractivity contribution in [2.45, 2.75) is 41.4 Å². The summed E-state index contributed by atoms with van der Waals surface area (Å²) in [6.07, 6.45) is -10.4. The van der Waals surface area contributed by atoms with E-state index in [2.05, 4.69) is 35.5 Å². The smallest absolute Gasteiger partial charge is 0.344 e. The Morgan fingerprint density at radius 3 is 2.33 bits per heavy atom. The van der Waals surface area contributed by atoms with E-state index in [1.807, 2.05) is 0 Å². The minimum absolute atomic E-state index is 0.152. The second-order valence-corrected chi connectivity index (χ2v) is 15.2. The molecule has 5 rings (SSSR count). The number of aromatic nitrogens is 2. The number of nitrogens with one attached hydrogen (secondary N) is 2. The van der Waals surface area contributed by atoms with Gasteiger partial charge >= 0.3 is 18.3 Å². The number of carbonyl (C=O) groups excluding carboxylic acids is 2. The van der Waals surface area contributed by atoms with Crippen LogP contribution in [0.4, 0.5) is 26.3 Å². The number of amides is 1. The first-order chi connectivity index (χ1) is 22.8. The van der Waals surface area contributed by atoms with E-state index in [1.54, 1.807) is 30.3 Å². The summed E-state index contributed by atoms with van der Waals surface area (Å²) >= 11 is 3.27. The van der Waals surface area contributed by atoms with E-state index in [0.29, 0.717) is 17.7 Å². The van der Waals surface area contributed by atoms with Crippen molar-refractivity contribution in [1.82, 2.24) is 19.2 Å². The quantitative estimate of drug-likeness (QED) is 0.103. The molecule has 2 heterocycles. The monoisotopic (exact) mass is 796 g/mol. The first-order valence-corrected chi connectivity index (χ1v) is 17.6. The molecule has 4 N–H and O–H groups in total. The molecule has 1 aliphatic rings. The molecule has 3 aromatic carbocycles. The molecule has 4 aromatic rings. The molecule has 1 aliphatic heterocycles. The lowest BCUT2D eigenvalue weighted by molar-refractivity contribution is -0.227. The van der Waals surface area contributed by atoms with Gasteiger partial charge in [-0.15, -0.1) is 10.8 Å². The van der Waals surface area contributed by atoms with E-state index in [0.717, 1.165) is 6.07 Å². The van der Waals surface area contributed by atoms with E-state index in [4.69, 9.17) is 0 Å². The van der Waals surface area contributed by atoms with Gasteiger partial charge in [0.25, 0.3) is 10.0 Å². The number of hydroxylamine groups is 1. The third kappa shape index (κ3) is 7.94. The number of alkyl halides is 6. The second kappa shape index (κ2) is 13.4. The number of rotatable bonds is 9. The average Bonchev–Trinajstić information content (AvgIpc) is 3.61. The molecule has 0 aliphatic carbocycles. The van der Waals surface area contributed by atoms with Crippen LogP contribution in [0.25, 0.3) is 11.3 Å². The van der Waals surface area contributed by atoms with E-state index < -0.39 is 73.2 Å². The van der Waals surface area contributed by atoms with Crippen LogP contribution < -0.4 is 4.72 Å². The topological polar surface area (TPSA) is 162 Å². The van der Waals surface area contributed by atoms with Crippen molar-refractivity contribution in [2.75, 3.05) is 0 Å². The summed E-state index contributed by atoms with van der Waals surface area (Å²) < 4.78 is 132. The maximum atomic E-state index is 13.9. The van der Waals surface area contributed by atoms with Crippen LogP contribution in [0.2, 0.25) is 0 Å². The maximum Gasteiger partial charge on any atom is 0.492 e. The summed E-state index contributed by atoms with van der Waals surface area (Å²) in [5, 5.41) is -1.08. The number of hydrogen-bond acceptors (Lipinski definition) is 8. The highest BCUT2D eigenvalue weighted by molar-refractivity contribution is 9.10. The standard InChI is InChI=1S/C29H23BrF6N4O7S2/c30-21-11-16(9-10-20(21)24-14-25(41)39-48(24,43)44)12-23(26-37-15-22(38-26)17-5-2-1-3-6-17)40(47-27(42)29(34,35)36)49(45,46)19-8-4-7-18(13-19)28(31,32)33/h1-11,13,15,23-24,43-44H,12,14H2,(H,37,38)(H,39,41)/t23-,24?/m0/s1. The first kappa shape index (κ1) is 36.3. The molecule has 1 fully saturated rings. The highest BCUT2D eigenvalue weighted by Crippen LogP contribution is 2.57. The van der Waals surface area contributed by atoms with Crippen LogP contribution in [0.5, 0.6) is 0 Å². The molecular weight excluding hydrogens is 774 g/mol. The zero-order valence-electron chi connectivity index (χ0n) is 24.4. The zero-order chi connectivity index (χ0) is 35.9. The van der Waals surface area contributed by atoms with Gasteiger partial charge in [0, 0.05) is 4.47 Å². The molecule has 20 heteroatoms. The van der Waals surface area contributed by atoms with Crippen molar-refractivity contribution in [3.8, 4) is 11.3 Å². The predicted molar refractivity (Wildman–Crippen MR) is 166 cm³/mol. The van der Waals surface area contributed by atoms with Crippen molar-refractivity contribution in [3.63, 3.8) is 0 Å². The van der Waals surface area contributed by atoms with Gasteiger partial charge in [0.2, 0.25) is 5.91 Å². The molecule has 1 saturated heterocycles. The van der Waals surface area contributed by atoms with E-state index in [9.17, 15) is 53.5 Å². The molecule has 11 nitrogen and oxygen atoms in total. The van der Waals surface area contributed by atoms with Gasteiger partial charge < -0.3 is 9.82 Å². The minimum Gasteiger partial charge on any atom is -0.344 e. The number of aromatic amines is 1. The summed E-state index contributed by atoms with van der Waals surface area (Å²) in [6.45, 7) is 0. The number of benzene rings is 3. The Bertz CT molecular complexity index is 1990. The van der Waals surface area contributed by atoms with E-state index in [-0.39, 0.29) is 44.1 Å². The van der Waals surface area contributed by atoms with Gasteiger partial charge in [-0.25, -0.2) is 18.2 Å². The van der Waals surface area contributed by atoms with Gasteiger partial charge in [-0.3, -0.25) is 18.6 Å². The number of carbonyl (C=O) groups is 2. The number of nitrogens with zero attached hydrogens (tertiary/aromatic N) is 2. The average molecular weight is 798 g/mol. The molecule has 49 heavy (non-hydrogen) atoms. The molecule has 0 radical (unpaired) electrons. The Labute approximate surface area is 283 Å².